The number of aromatic nitrogens is 2. The number of hydrogen-bond acceptors (Lipinski definition) is 5. The Bertz CT molecular complexity index is 1240. The third kappa shape index (κ3) is 3.42. The first-order valence-corrected chi connectivity index (χ1v) is 9.63. The Labute approximate surface area is 168 Å². The summed E-state index contributed by atoms with van der Waals surface area (Å²) >= 11 is 7.44. The Balaban J connectivity index is 1.74. The molecule has 0 fully saturated rings. The molecule has 4 rings (SSSR count). The van der Waals surface area contributed by atoms with Crippen LogP contribution in [0.3, 0.4) is 0 Å². The fourth-order valence-electron chi connectivity index (χ4n) is 3.14. The van der Waals surface area contributed by atoms with Gasteiger partial charge in [-0.1, -0.05) is 35.9 Å². The highest BCUT2D eigenvalue weighted by Gasteiger charge is 2.17. The van der Waals surface area contributed by atoms with Crippen molar-refractivity contribution >= 4 is 38.8 Å². The van der Waals surface area contributed by atoms with E-state index < -0.39 is 4.92 Å². The molecule has 0 aliphatic rings. The number of benzene rings is 2. The van der Waals surface area contributed by atoms with Gasteiger partial charge in [0.1, 0.15) is 10.7 Å². The van der Waals surface area contributed by atoms with Gasteiger partial charge in [0.15, 0.2) is 0 Å². The average Bonchev–Trinajstić information content (AvgIpc) is 2.99. The van der Waals surface area contributed by atoms with Gasteiger partial charge in [-0.3, -0.25) is 14.9 Å². The van der Waals surface area contributed by atoms with E-state index in [0.717, 1.165) is 21.6 Å². The van der Waals surface area contributed by atoms with Crippen molar-refractivity contribution in [3.8, 4) is 11.1 Å². The predicted octanol–water partition coefficient (Wildman–Crippen LogP) is 5.11. The maximum absolute atomic E-state index is 12.8. The number of non-ortho nitro benzene ring substituents is 1. The van der Waals surface area contributed by atoms with Crippen molar-refractivity contribution in [3.63, 3.8) is 0 Å². The zero-order valence-corrected chi connectivity index (χ0v) is 16.3. The highest BCUT2D eigenvalue weighted by Crippen LogP contribution is 2.36. The SMILES string of the molecule is Cc1sc2nc(Cc3ccc([N+](=O)[O-])cc3)[nH]c(=O)c2c1-c1ccc(Cl)cc1. The number of thiophene rings is 1. The summed E-state index contributed by atoms with van der Waals surface area (Å²) in [6.45, 7) is 1.96. The van der Waals surface area contributed by atoms with Gasteiger partial charge in [-0.15, -0.1) is 11.3 Å². The lowest BCUT2D eigenvalue weighted by molar-refractivity contribution is -0.384. The molecule has 2 heterocycles. The van der Waals surface area contributed by atoms with E-state index in [-0.39, 0.29) is 11.2 Å². The van der Waals surface area contributed by atoms with Crippen molar-refractivity contribution in [1.82, 2.24) is 9.97 Å². The molecule has 0 saturated carbocycles. The Morgan fingerprint density at radius 3 is 2.46 bits per heavy atom. The van der Waals surface area contributed by atoms with E-state index in [1.807, 2.05) is 19.1 Å². The van der Waals surface area contributed by atoms with Crippen molar-refractivity contribution in [3.05, 3.63) is 90.3 Å². The third-order valence-electron chi connectivity index (χ3n) is 4.44. The largest absolute Gasteiger partial charge is 0.310 e. The molecular weight excluding hydrogens is 398 g/mol. The van der Waals surface area contributed by atoms with E-state index in [1.54, 1.807) is 24.3 Å². The summed E-state index contributed by atoms with van der Waals surface area (Å²) in [5.41, 5.74) is 2.45. The van der Waals surface area contributed by atoms with Gasteiger partial charge in [-0.2, -0.15) is 0 Å². The summed E-state index contributed by atoms with van der Waals surface area (Å²) < 4.78 is 0. The molecule has 0 spiro atoms. The van der Waals surface area contributed by atoms with Gasteiger partial charge >= 0.3 is 0 Å². The Morgan fingerprint density at radius 1 is 1.14 bits per heavy atom. The van der Waals surface area contributed by atoms with E-state index in [9.17, 15) is 14.9 Å². The van der Waals surface area contributed by atoms with E-state index in [1.165, 1.54) is 23.5 Å². The van der Waals surface area contributed by atoms with Crippen LogP contribution in [0.25, 0.3) is 21.3 Å². The van der Waals surface area contributed by atoms with Gasteiger partial charge in [0.05, 0.1) is 10.3 Å². The number of aromatic amines is 1. The Hall–Kier alpha value is -3.03. The fourth-order valence-corrected chi connectivity index (χ4v) is 4.33. The lowest BCUT2D eigenvalue weighted by Gasteiger charge is -2.04. The van der Waals surface area contributed by atoms with Crippen molar-refractivity contribution in [1.29, 1.82) is 0 Å². The van der Waals surface area contributed by atoms with Crippen LogP contribution in [0.5, 0.6) is 0 Å². The number of nitrogens with zero attached hydrogens (tertiary/aromatic N) is 2. The molecule has 0 aliphatic heterocycles. The number of nitro groups is 1. The zero-order chi connectivity index (χ0) is 19.8. The number of nitrogens with one attached hydrogen (secondary N) is 1. The first kappa shape index (κ1) is 18.3. The molecule has 6 nitrogen and oxygen atoms in total. The van der Waals surface area contributed by atoms with Crippen LogP contribution < -0.4 is 5.56 Å². The number of nitro benzene ring substituents is 1. The van der Waals surface area contributed by atoms with Crippen LogP contribution in [0.2, 0.25) is 5.02 Å². The average molecular weight is 412 g/mol. The molecule has 0 saturated heterocycles. The molecule has 0 atom stereocenters. The molecule has 0 bridgehead atoms. The summed E-state index contributed by atoms with van der Waals surface area (Å²) in [4.78, 5) is 32.3. The zero-order valence-electron chi connectivity index (χ0n) is 14.7. The van der Waals surface area contributed by atoms with Gasteiger partial charge in [-0.25, -0.2) is 4.98 Å². The topological polar surface area (TPSA) is 88.9 Å². The molecule has 8 heteroatoms. The molecular formula is C20H14ClN3O3S. The maximum atomic E-state index is 12.8. The number of halogens is 1. The van der Waals surface area contributed by atoms with Crippen molar-refractivity contribution in [2.45, 2.75) is 13.3 Å². The molecule has 140 valence electrons. The van der Waals surface area contributed by atoms with Crippen molar-refractivity contribution < 1.29 is 4.92 Å². The molecule has 0 unspecified atom stereocenters. The monoisotopic (exact) mass is 411 g/mol. The standard InChI is InChI=1S/C20H14ClN3O3S/c1-11-17(13-4-6-14(21)7-5-13)18-19(25)22-16(23-20(18)28-11)10-12-2-8-15(9-3-12)24(26)27/h2-9H,10H2,1H3,(H,22,23,25). The van der Waals surface area contributed by atoms with Gasteiger partial charge in [0, 0.05) is 34.0 Å². The van der Waals surface area contributed by atoms with Crippen LogP contribution in [0.4, 0.5) is 5.69 Å². The molecule has 2 aromatic heterocycles. The predicted molar refractivity (Wildman–Crippen MR) is 111 cm³/mol. The highest BCUT2D eigenvalue weighted by atomic mass is 35.5. The fraction of sp³-hybridized carbons (Fsp3) is 0.100. The second kappa shape index (κ2) is 7.18. The lowest BCUT2D eigenvalue weighted by atomic mass is 10.0. The molecule has 2 aromatic carbocycles. The minimum Gasteiger partial charge on any atom is -0.310 e. The van der Waals surface area contributed by atoms with E-state index >= 15 is 0 Å². The van der Waals surface area contributed by atoms with Crippen LogP contribution in [0.15, 0.2) is 53.3 Å². The first-order valence-electron chi connectivity index (χ1n) is 8.44. The van der Waals surface area contributed by atoms with Crippen LogP contribution in [0, 0.1) is 17.0 Å². The summed E-state index contributed by atoms with van der Waals surface area (Å²) in [6, 6.07) is 13.6. The summed E-state index contributed by atoms with van der Waals surface area (Å²) in [5.74, 6) is 0.523. The number of rotatable bonds is 4. The molecule has 28 heavy (non-hydrogen) atoms. The Kier molecular flexibility index (Phi) is 4.70. The third-order valence-corrected chi connectivity index (χ3v) is 5.69. The smallest absolute Gasteiger partial charge is 0.269 e. The molecule has 1 N–H and O–H groups in total. The van der Waals surface area contributed by atoms with Crippen LogP contribution >= 0.6 is 22.9 Å². The van der Waals surface area contributed by atoms with Crippen LogP contribution in [-0.2, 0) is 6.42 Å². The minimum atomic E-state index is -0.442. The minimum absolute atomic E-state index is 0.0298. The molecule has 0 amide bonds. The molecule has 0 radical (unpaired) electrons. The second-order valence-corrected chi connectivity index (χ2v) is 7.97. The number of H-pyrrole nitrogens is 1. The number of fused-ring (bicyclic) bond motifs is 1. The van der Waals surface area contributed by atoms with E-state index in [0.29, 0.717) is 27.5 Å². The maximum Gasteiger partial charge on any atom is 0.269 e. The van der Waals surface area contributed by atoms with Crippen LogP contribution in [0.1, 0.15) is 16.3 Å². The second-order valence-electron chi connectivity index (χ2n) is 6.33. The van der Waals surface area contributed by atoms with Gasteiger partial charge in [-0.05, 0) is 30.2 Å². The normalized spacial score (nSPS) is 11.1. The van der Waals surface area contributed by atoms with E-state index in [4.69, 9.17) is 11.6 Å². The molecule has 0 aliphatic carbocycles. The quantitative estimate of drug-likeness (QED) is 0.373. The lowest BCUT2D eigenvalue weighted by Crippen LogP contribution is -2.11. The van der Waals surface area contributed by atoms with Crippen molar-refractivity contribution in [2.24, 2.45) is 0 Å². The summed E-state index contributed by atoms with van der Waals surface area (Å²) in [5, 5.41) is 12.0. The van der Waals surface area contributed by atoms with Gasteiger partial charge < -0.3 is 4.98 Å². The highest BCUT2D eigenvalue weighted by molar-refractivity contribution is 7.19. The van der Waals surface area contributed by atoms with Gasteiger partial charge in [0.25, 0.3) is 11.2 Å². The number of hydrogen-bond donors (Lipinski definition) is 1. The number of aryl methyl sites for hydroxylation is 1. The van der Waals surface area contributed by atoms with Gasteiger partial charge in [0.2, 0.25) is 0 Å². The summed E-state index contributed by atoms with van der Waals surface area (Å²) in [6.07, 6.45) is 0.385. The molecule has 4 aromatic rings. The first-order chi connectivity index (χ1) is 13.4. The summed E-state index contributed by atoms with van der Waals surface area (Å²) in [7, 11) is 0. The van der Waals surface area contributed by atoms with Crippen LogP contribution in [-0.4, -0.2) is 14.9 Å². The Morgan fingerprint density at radius 2 is 1.82 bits per heavy atom. The van der Waals surface area contributed by atoms with Crippen molar-refractivity contribution in [2.75, 3.05) is 0 Å². The van der Waals surface area contributed by atoms with E-state index in [2.05, 4.69) is 9.97 Å².